The fourth-order valence-corrected chi connectivity index (χ4v) is 3.53. The summed E-state index contributed by atoms with van der Waals surface area (Å²) >= 11 is 5.65. The van der Waals surface area contributed by atoms with E-state index in [4.69, 9.17) is 17.3 Å². The molecule has 0 unspecified atom stereocenters. The number of aryl methyl sites for hydroxylation is 1. The highest BCUT2D eigenvalue weighted by atomic mass is 32.1. The van der Waals surface area contributed by atoms with Gasteiger partial charge in [-0.2, -0.15) is 5.10 Å². The Morgan fingerprint density at radius 2 is 1.67 bits per heavy atom. The molecule has 0 saturated heterocycles. The van der Waals surface area contributed by atoms with Crippen molar-refractivity contribution in [2.45, 2.75) is 13.5 Å². The Morgan fingerprint density at radius 3 is 2.37 bits per heavy atom. The lowest BCUT2D eigenvalue weighted by atomic mass is 10.1. The molecule has 0 aliphatic heterocycles. The summed E-state index contributed by atoms with van der Waals surface area (Å²) in [5.41, 5.74) is 6.39. The van der Waals surface area contributed by atoms with Crippen LogP contribution < -0.4 is 5.32 Å². The third kappa shape index (κ3) is 4.58. The van der Waals surface area contributed by atoms with E-state index in [1.54, 1.807) is 0 Å². The number of rotatable bonds is 5. The molecule has 4 nitrogen and oxygen atoms in total. The standard InChI is InChI=1S/C25H24N4S/c1-19-10-9-13-22(16-19)26-25(30)28(2)17-21-18-29(23-14-7-4-8-15-23)27-24(21)20-11-5-3-6-12-20/h3-16,18H,17H2,1-2H3,(H,26,30). The fourth-order valence-electron chi connectivity index (χ4n) is 3.35. The van der Waals surface area contributed by atoms with E-state index in [9.17, 15) is 0 Å². The first-order valence-electron chi connectivity index (χ1n) is 9.88. The van der Waals surface area contributed by atoms with Crippen molar-refractivity contribution in [2.75, 3.05) is 12.4 Å². The molecule has 150 valence electrons. The predicted molar refractivity (Wildman–Crippen MR) is 128 cm³/mol. The molecule has 0 atom stereocenters. The number of nitrogens with zero attached hydrogens (tertiary/aromatic N) is 3. The molecule has 0 saturated carbocycles. The van der Waals surface area contributed by atoms with Gasteiger partial charge in [-0.05, 0) is 49.0 Å². The van der Waals surface area contributed by atoms with Gasteiger partial charge in [-0.15, -0.1) is 0 Å². The summed E-state index contributed by atoms with van der Waals surface area (Å²) in [5, 5.41) is 8.89. The van der Waals surface area contributed by atoms with Gasteiger partial charge < -0.3 is 10.2 Å². The zero-order chi connectivity index (χ0) is 20.9. The van der Waals surface area contributed by atoms with Crippen molar-refractivity contribution in [3.05, 3.63) is 102 Å². The number of hydrogen-bond acceptors (Lipinski definition) is 2. The number of benzene rings is 3. The van der Waals surface area contributed by atoms with Crippen molar-refractivity contribution in [3.8, 4) is 16.9 Å². The smallest absolute Gasteiger partial charge is 0.173 e. The SMILES string of the molecule is Cc1cccc(NC(=S)N(C)Cc2cn(-c3ccccc3)nc2-c2ccccc2)c1. The van der Waals surface area contributed by atoms with Crippen LogP contribution in [-0.4, -0.2) is 26.8 Å². The number of nitrogens with one attached hydrogen (secondary N) is 1. The molecule has 1 N–H and O–H groups in total. The minimum Gasteiger partial charge on any atom is -0.348 e. The van der Waals surface area contributed by atoms with Gasteiger partial charge in [0.05, 0.1) is 11.4 Å². The molecular formula is C25H24N4S. The van der Waals surface area contributed by atoms with Gasteiger partial charge in [-0.1, -0.05) is 60.7 Å². The normalized spacial score (nSPS) is 10.6. The van der Waals surface area contributed by atoms with Gasteiger partial charge in [0.15, 0.2) is 5.11 Å². The Balaban J connectivity index is 1.60. The van der Waals surface area contributed by atoms with Crippen LogP contribution in [0.1, 0.15) is 11.1 Å². The van der Waals surface area contributed by atoms with Gasteiger partial charge >= 0.3 is 0 Å². The van der Waals surface area contributed by atoms with Crippen molar-refractivity contribution in [1.29, 1.82) is 0 Å². The molecule has 5 heteroatoms. The number of hydrogen-bond donors (Lipinski definition) is 1. The maximum absolute atomic E-state index is 5.65. The van der Waals surface area contributed by atoms with Gasteiger partial charge in [0.1, 0.15) is 0 Å². The zero-order valence-electron chi connectivity index (χ0n) is 17.1. The van der Waals surface area contributed by atoms with Crippen molar-refractivity contribution in [1.82, 2.24) is 14.7 Å². The molecule has 0 fully saturated rings. The van der Waals surface area contributed by atoms with E-state index in [1.807, 2.05) is 65.2 Å². The summed E-state index contributed by atoms with van der Waals surface area (Å²) < 4.78 is 1.93. The first kappa shape index (κ1) is 19.9. The summed E-state index contributed by atoms with van der Waals surface area (Å²) in [6, 6.07) is 28.6. The lowest BCUT2D eigenvalue weighted by Gasteiger charge is -2.21. The molecule has 30 heavy (non-hydrogen) atoms. The molecule has 4 aromatic rings. The van der Waals surface area contributed by atoms with E-state index in [-0.39, 0.29) is 0 Å². The largest absolute Gasteiger partial charge is 0.348 e. The molecule has 4 rings (SSSR count). The van der Waals surface area contributed by atoms with Crippen molar-refractivity contribution in [2.24, 2.45) is 0 Å². The number of aromatic nitrogens is 2. The Kier molecular flexibility index (Phi) is 5.91. The van der Waals surface area contributed by atoms with Crippen LogP contribution in [0.4, 0.5) is 5.69 Å². The maximum atomic E-state index is 5.65. The molecule has 3 aromatic carbocycles. The Labute approximate surface area is 182 Å². The van der Waals surface area contributed by atoms with Gasteiger partial charge in [-0.25, -0.2) is 4.68 Å². The third-order valence-electron chi connectivity index (χ3n) is 4.88. The summed E-state index contributed by atoms with van der Waals surface area (Å²) in [4.78, 5) is 2.04. The molecule has 1 aromatic heterocycles. The summed E-state index contributed by atoms with van der Waals surface area (Å²) in [7, 11) is 2.00. The van der Waals surface area contributed by atoms with Gasteiger partial charge in [0.2, 0.25) is 0 Å². The van der Waals surface area contributed by atoms with Crippen molar-refractivity contribution >= 4 is 23.0 Å². The molecule has 1 heterocycles. The van der Waals surface area contributed by atoms with E-state index in [0.29, 0.717) is 11.7 Å². The van der Waals surface area contributed by atoms with Crippen LogP contribution in [0.5, 0.6) is 0 Å². The second-order valence-corrected chi connectivity index (χ2v) is 7.69. The predicted octanol–water partition coefficient (Wildman–Crippen LogP) is 5.68. The van der Waals surface area contributed by atoms with Crippen LogP contribution in [0.25, 0.3) is 16.9 Å². The third-order valence-corrected chi connectivity index (χ3v) is 5.30. The van der Waals surface area contributed by atoms with Crippen LogP contribution in [0.3, 0.4) is 0 Å². The summed E-state index contributed by atoms with van der Waals surface area (Å²) in [6.07, 6.45) is 2.09. The first-order chi connectivity index (χ1) is 14.6. The van der Waals surface area contributed by atoms with Crippen molar-refractivity contribution < 1.29 is 0 Å². The van der Waals surface area contributed by atoms with E-state index >= 15 is 0 Å². The highest BCUT2D eigenvalue weighted by molar-refractivity contribution is 7.80. The van der Waals surface area contributed by atoms with Gasteiger partial charge in [0.25, 0.3) is 0 Å². The quantitative estimate of drug-likeness (QED) is 0.428. The van der Waals surface area contributed by atoms with Crippen molar-refractivity contribution in [3.63, 3.8) is 0 Å². The fraction of sp³-hybridized carbons (Fsp3) is 0.120. The average Bonchev–Trinajstić information content (AvgIpc) is 3.19. The minimum atomic E-state index is 0.648. The van der Waals surface area contributed by atoms with Crippen LogP contribution >= 0.6 is 12.2 Å². The molecule has 0 bridgehead atoms. The van der Waals surface area contributed by atoms with E-state index < -0.39 is 0 Å². The Morgan fingerprint density at radius 1 is 0.967 bits per heavy atom. The van der Waals surface area contributed by atoms with Crippen LogP contribution in [-0.2, 0) is 6.54 Å². The molecule has 0 amide bonds. The van der Waals surface area contributed by atoms with Crippen LogP contribution in [0, 0.1) is 6.92 Å². The monoisotopic (exact) mass is 412 g/mol. The number of anilines is 1. The maximum Gasteiger partial charge on any atom is 0.173 e. The van der Waals surface area contributed by atoms with Gasteiger partial charge in [-0.3, -0.25) is 0 Å². The highest BCUT2D eigenvalue weighted by Gasteiger charge is 2.15. The number of para-hydroxylation sites is 1. The molecule has 0 aliphatic carbocycles. The Hall–Kier alpha value is -3.44. The molecule has 0 radical (unpaired) electrons. The van der Waals surface area contributed by atoms with Crippen LogP contribution in [0.2, 0.25) is 0 Å². The molecular weight excluding hydrogens is 388 g/mol. The summed E-state index contributed by atoms with van der Waals surface area (Å²) in [6.45, 7) is 2.72. The van der Waals surface area contributed by atoms with E-state index in [0.717, 1.165) is 28.2 Å². The first-order valence-corrected chi connectivity index (χ1v) is 10.3. The second-order valence-electron chi connectivity index (χ2n) is 7.30. The topological polar surface area (TPSA) is 33.1 Å². The zero-order valence-corrected chi connectivity index (χ0v) is 17.9. The Bertz CT molecular complexity index is 1140. The number of thiocarbonyl (C=S) groups is 1. The minimum absolute atomic E-state index is 0.648. The van der Waals surface area contributed by atoms with E-state index in [2.05, 4.69) is 54.8 Å². The molecule has 0 spiro atoms. The average molecular weight is 413 g/mol. The molecule has 0 aliphatic rings. The van der Waals surface area contributed by atoms with E-state index in [1.165, 1.54) is 5.56 Å². The lowest BCUT2D eigenvalue weighted by molar-refractivity contribution is 0.509. The highest BCUT2D eigenvalue weighted by Crippen LogP contribution is 2.25. The summed E-state index contributed by atoms with van der Waals surface area (Å²) in [5.74, 6) is 0. The van der Waals surface area contributed by atoms with Crippen LogP contribution in [0.15, 0.2) is 91.1 Å². The van der Waals surface area contributed by atoms with Gasteiger partial charge in [0, 0.05) is 36.6 Å². The second kappa shape index (κ2) is 8.93. The lowest BCUT2D eigenvalue weighted by Crippen LogP contribution is -2.30.